The molecule has 1 amide bonds. The summed E-state index contributed by atoms with van der Waals surface area (Å²) in [6.45, 7) is 4.79. The van der Waals surface area contributed by atoms with Crippen molar-refractivity contribution in [1.82, 2.24) is 0 Å². The molecule has 0 aliphatic rings. The van der Waals surface area contributed by atoms with Crippen LogP contribution in [-0.2, 0) is 4.79 Å². The average molecular weight is 310 g/mol. The monoisotopic (exact) mass is 310 g/mol. The zero-order chi connectivity index (χ0) is 16.8. The molecule has 0 atom stereocenters. The minimum atomic E-state index is -0.770. The van der Waals surface area contributed by atoms with Crippen LogP contribution in [0.3, 0.4) is 0 Å². The average Bonchev–Trinajstić information content (AvgIpc) is 2.54. The van der Waals surface area contributed by atoms with Crippen LogP contribution in [0.4, 0.5) is 0 Å². The molecule has 0 saturated heterocycles. The van der Waals surface area contributed by atoms with E-state index >= 15 is 0 Å². The minimum absolute atomic E-state index is 0.125. The second-order valence-corrected chi connectivity index (χ2v) is 4.76. The van der Waals surface area contributed by atoms with E-state index in [1.807, 2.05) is 50.2 Å². The van der Waals surface area contributed by atoms with Gasteiger partial charge in [-0.2, -0.15) is 5.26 Å². The van der Waals surface area contributed by atoms with Crippen LogP contribution in [0, 0.1) is 11.3 Å². The molecule has 0 fully saturated rings. The molecule has 23 heavy (non-hydrogen) atoms. The smallest absolute Gasteiger partial charge is 0.259 e. The van der Waals surface area contributed by atoms with Crippen LogP contribution in [0.25, 0.3) is 16.8 Å². The number of fused-ring (bicyclic) bond motifs is 1. The van der Waals surface area contributed by atoms with Crippen molar-refractivity contribution in [2.45, 2.75) is 13.8 Å². The molecular weight excluding hydrogens is 292 g/mol. The maximum absolute atomic E-state index is 11.4. The van der Waals surface area contributed by atoms with Crippen molar-refractivity contribution in [3.8, 4) is 17.6 Å². The summed E-state index contributed by atoms with van der Waals surface area (Å²) in [4.78, 5) is 11.4. The highest BCUT2D eigenvalue weighted by atomic mass is 16.5. The molecule has 0 aliphatic heterocycles. The summed E-state index contributed by atoms with van der Waals surface area (Å²) in [6, 6.07) is 11.2. The Bertz CT molecular complexity index is 799. The van der Waals surface area contributed by atoms with Crippen LogP contribution in [-0.4, -0.2) is 19.1 Å². The van der Waals surface area contributed by atoms with E-state index in [-0.39, 0.29) is 5.57 Å². The van der Waals surface area contributed by atoms with Gasteiger partial charge in [0.2, 0.25) is 0 Å². The number of nitrogens with zero attached hydrogens (tertiary/aromatic N) is 1. The lowest BCUT2D eigenvalue weighted by Crippen LogP contribution is -2.12. The van der Waals surface area contributed by atoms with Gasteiger partial charge < -0.3 is 15.2 Å². The van der Waals surface area contributed by atoms with E-state index in [0.717, 1.165) is 10.8 Å². The Morgan fingerprint density at radius 1 is 1.22 bits per heavy atom. The highest BCUT2D eigenvalue weighted by molar-refractivity contribution is 6.04. The zero-order valence-corrected chi connectivity index (χ0v) is 13.1. The van der Waals surface area contributed by atoms with Crippen molar-refractivity contribution in [3.05, 3.63) is 41.5 Å². The predicted octanol–water partition coefficient (Wildman–Crippen LogP) is 3.03. The first kappa shape index (κ1) is 16.4. The highest BCUT2D eigenvalue weighted by Crippen LogP contribution is 2.32. The molecule has 2 aromatic carbocycles. The first-order valence-electron chi connectivity index (χ1n) is 7.34. The summed E-state index contributed by atoms with van der Waals surface area (Å²) < 4.78 is 11.2. The fourth-order valence-corrected chi connectivity index (χ4v) is 2.29. The molecule has 0 unspecified atom stereocenters. The molecule has 0 aromatic heterocycles. The maximum atomic E-state index is 11.4. The molecular formula is C18H18N2O3. The number of hydrogen-bond acceptors (Lipinski definition) is 4. The van der Waals surface area contributed by atoms with E-state index in [2.05, 4.69) is 0 Å². The van der Waals surface area contributed by atoms with Crippen LogP contribution in [0.2, 0.25) is 0 Å². The number of carbonyl (C=O) groups is 1. The van der Waals surface area contributed by atoms with Gasteiger partial charge in [-0.15, -0.1) is 0 Å². The lowest BCUT2D eigenvalue weighted by molar-refractivity contribution is -0.114. The first-order valence-corrected chi connectivity index (χ1v) is 7.34. The lowest BCUT2D eigenvalue weighted by Gasteiger charge is -2.12. The lowest BCUT2D eigenvalue weighted by atomic mass is 10.0. The number of amides is 1. The standard InChI is InChI=1S/C18H18N2O3/c1-3-22-14-7-5-12-6-8-17(23-4-2)16(15(12)10-14)9-13(11-19)18(20)21/h5-10H,3-4H2,1-2H3,(H2,20,21)/b13-9-. The van der Waals surface area contributed by atoms with Gasteiger partial charge in [-0.25, -0.2) is 0 Å². The van der Waals surface area contributed by atoms with E-state index < -0.39 is 5.91 Å². The van der Waals surface area contributed by atoms with E-state index in [9.17, 15) is 4.79 Å². The number of nitriles is 1. The van der Waals surface area contributed by atoms with Crippen molar-refractivity contribution in [2.75, 3.05) is 13.2 Å². The van der Waals surface area contributed by atoms with E-state index in [1.54, 1.807) is 0 Å². The maximum Gasteiger partial charge on any atom is 0.259 e. The number of hydrogen-bond donors (Lipinski definition) is 1. The van der Waals surface area contributed by atoms with Crippen molar-refractivity contribution in [1.29, 1.82) is 5.26 Å². The van der Waals surface area contributed by atoms with Crippen LogP contribution < -0.4 is 15.2 Å². The fraction of sp³-hybridized carbons (Fsp3) is 0.222. The van der Waals surface area contributed by atoms with Gasteiger partial charge in [0.1, 0.15) is 23.1 Å². The van der Waals surface area contributed by atoms with E-state index in [0.29, 0.717) is 30.3 Å². The number of primary amides is 1. The summed E-state index contributed by atoms with van der Waals surface area (Å²) >= 11 is 0. The van der Waals surface area contributed by atoms with Crippen molar-refractivity contribution < 1.29 is 14.3 Å². The molecule has 118 valence electrons. The molecule has 0 aliphatic carbocycles. The van der Waals surface area contributed by atoms with Gasteiger partial charge >= 0.3 is 0 Å². The highest BCUT2D eigenvalue weighted by Gasteiger charge is 2.12. The molecule has 2 aromatic rings. The Morgan fingerprint density at radius 3 is 2.52 bits per heavy atom. The SMILES string of the molecule is CCOc1ccc2ccc(OCC)c(/C=C(/C#N)C(N)=O)c2c1. The molecule has 5 nitrogen and oxygen atoms in total. The number of carbonyl (C=O) groups excluding carboxylic acids is 1. The second kappa shape index (κ2) is 7.32. The summed E-state index contributed by atoms with van der Waals surface area (Å²) in [6.07, 6.45) is 1.46. The van der Waals surface area contributed by atoms with Gasteiger partial charge in [0.25, 0.3) is 5.91 Å². The minimum Gasteiger partial charge on any atom is -0.494 e. The number of ether oxygens (including phenoxy) is 2. The molecule has 0 spiro atoms. The third-order valence-corrected chi connectivity index (χ3v) is 3.28. The molecule has 2 N–H and O–H groups in total. The third kappa shape index (κ3) is 3.61. The quantitative estimate of drug-likeness (QED) is 0.656. The first-order chi connectivity index (χ1) is 11.1. The Hall–Kier alpha value is -3.00. The summed E-state index contributed by atoms with van der Waals surface area (Å²) in [5.74, 6) is 0.524. The number of nitrogens with two attached hydrogens (primary N) is 1. The molecule has 0 radical (unpaired) electrons. The van der Waals surface area contributed by atoms with E-state index in [1.165, 1.54) is 6.08 Å². The van der Waals surface area contributed by atoms with Crippen molar-refractivity contribution in [2.24, 2.45) is 5.73 Å². The summed E-state index contributed by atoms with van der Waals surface area (Å²) in [5, 5.41) is 10.9. The van der Waals surface area contributed by atoms with Gasteiger partial charge in [0.15, 0.2) is 0 Å². The molecule has 2 rings (SSSR count). The summed E-state index contributed by atoms with van der Waals surface area (Å²) in [5.41, 5.74) is 5.76. The fourth-order valence-electron chi connectivity index (χ4n) is 2.29. The molecule has 5 heteroatoms. The molecule has 0 saturated carbocycles. The van der Waals surface area contributed by atoms with Gasteiger partial charge in [-0.1, -0.05) is 12.1 Å². The van der Waals surface area contributed by atoms with Gasteiger partial charge in [0, 0.05) is 5.56 Å². The van der Waals surface area contributed by atoms with Crippen molar-refractivity contribution in [3.63, 3.8) is 0 Å². The Kier molecular flexibility index (Phi) is 5.21. The third-order valence-electron chi connectivity index (χ3n) is 3.28. The Morgan fingerprint density at radius 2 is 1.91 bits per heavy atom. The number of benzene rings is 2. The van der Waals surface area contributed by atoms with Crippen LogP contribution >= 0.6 is 0 Å². The van der Waals surface area contributed by atoms with E-state index in [4.69, 9.17) is 20.5 Å². The van der Waals surface area contributed by atoms with Crippen LogP contribution in [0.15, 0.2) is 35.9 Å². The van der Waals surface area contributed by atoms with Crippen LogP contribution in [0.1, 0.15) is 19.4 Å². The van der Waals surface area contributed by atoms with Gasteiger partial charge in [-0.05, 0) is 48.9 Å². The largest absolute Gasteiger partial charge is 0.494 e. The van der Waals surface area contributed by atoms with Crippen molar-refractivity contribution >= 4 is 22.8 Å². The molecule has 0 heterocycles. The van der Waals surface area contributed by atoms with Gasteiger partial charge in [-0.3, -0.25) is 4.79 Å². The zero-order valence-electron chi connectivity index (χ0n) is 13.1. The normalized spacial score (nSPS) is 11.1. The summed E-state index contributed by atoms with van der Waals surface area (Å²) in [7, 11) is 0. The topological polar surface area (TPSA) is 85.3 Å². The van der Waals surface area contributed by atoms with Gasteiger partial charge in [0.05, 0.1) is 13.2 Å². The van der Waals surface area contributed by atoms with Crippen LogP contribution in [0.5, 0.6) is 11.5 Å². The Balaban J connectivity index is 2.74. The molecule has 0 bridgehead atoms. The predicted molar refractivity (Wildman–Crippen MR) is 89.1 cm³/mol. The Labute approximate surface area is 134 Å². The second-order valence-electron chi connectivity index (χ2n) is 4.76. The number of rotatable bonds is 6.